The summed E-state index contributed by atoms with van der Waals surface area (Å²) in [4.78, 5) is 11.5. The first kappa shape index (κ1) is 11.9. The molecule has 0 aromatic carbocycles. The molecule has 82 valence electrons. The highest BCUT2D eigenvalue weighted by atomic mass is 32.2. The summed E-state index contributed by atoms with van der Waals surface area (Å²) in [6, 6.07) is 0. The molecule has 1 rings (SSSR count). The molecule has 1 N–H and O–H groups in total. The van der Waals surface area contributed by atoms with E-state index in [0.717, 1.165) is 31.7 Å². The Kier molecular flexibility index (Phi) is 5.33. The number of carbonyl (C=O) groups is 1. The second-order valence-corrected chi connectivity index (χ2v) is 4.58. The van der Waals surface area contributed by atoms with Crippen LogP contribution in [0, 0.1) is 11.8 Å². The van der Waals surface area contributed by atoms with Crippen molar-refractivity contribution in [2.75, 3.05) is 32.2 Å². The van der Waals surface area contributed by atoms with Gasteiger partial charge in [0, 0.05) is 5.75 Å². The molecule has 0 aromatic rings. The molecule has 0 spiro atoms. The average molecular weight is 217 g/mol. The summed E-state index contributed by atoms with van der Waals surface area (Å²) in [5, 5.41) is 3.31. The molecule has 1 aliphatic rings. The Bertz CT molecular complexity index is 181. The Balaban J connectivity index is 2.50. The van der Waals surface area contributed by atoms with Gasteiger partial charge in [0.05, 0.1) is 13.0 Å². The first-order valence-corrected chi connectivity index (χ1v) is 6.46. The minimum absolute atomic E-state index is 0.0359. The van der Waals surface area contributed by atoms with Gasteiger partial charge in [-0.2, -0.15) is 11.8 Å². The van der Waals surface area contributed by atoms with Crippen molar-refractivity contribution in [2.45, 2.75) is 12.8 Å². The van der Waals surface area contributed by atoms with Gasteiger partial charge in [-0.05, 0) is 38.1 Å². The molecule has 1 heterocycles. The first-order valence-electron chi connectivity index (χ1n) is 5.07. The molecule has 1 unspecified atom stereocenters. The summed E-state index contributed by atoms with van der Waals surface area (Å²) in [6.07, 6.45) is 4.23. The lowest BCUT2D eigenvalue weighted by Crippen LogP contribution is -2.36. The van der Waals surface area contributed by atoms with Gasteiger partial charge >= 0.3 is 5.97 Å². The fraction of sp³-hybridized carbons (Fsp3) is 0.900. The van der Waals surface area contributed by atoms with E-state index in [4.69, 9.17) is 4.74 Å². The van der Waals surface area contributed by atoms with Crippen molar-refractivity contribution < 1.29 is 9.53 Å². The van der Waals surface area contributed by atoms with Gasteiger partial charge in [0.1, 0.15) is 0 Å². The van der Waals surface area contributed by atoms with Crippen LogP contribution in [-0.2, 0) is 9.53 Å². The number of ether oxygens (including phenoxy) is 1. The van der Waals surface area contributed by atoms with Gasteiger partial charge in [-0.3, -0.25) is 4.79 Å². The third kappa shape index (κ3) is 3.17. The molecule has 1 saturated heterocycles. The molecule has 0 aromatic heterocycles. The van der Waals surface area contributed by atoms with E-state index in [9.17, 15) is 4.79 Å². The van der Waals surface area contributed by atoms with Gasteiger partial charge in [0.2, 0.25) is 0 Å². The minimum atomic E-state index is -0.0359. The Morgan fingerprint density at radius 2 is 2.21 bits per heavy atom. The zero-order valence-electron chi connectivity index (χ0n) is 8.91. The molecule has 0 saturated carbocycles. The number of hydrogen-bond donors (Lipinski definition) is 1. The zero-order chi connectivity index (χ0) is 10.4. The third-order valence-electron chi connectivity index (χ3n) is 2.80. The van der Waals surface area contributed by atoms with E-state index in [-0.39, 0.29) is 11.9 Å². The van der Waals surface area contributed by atoms with E-state index in [2.05, 4.69) is 5.32 Å². The highest BCUT2D eigenvalue weighted by Gasteiger charge is 2.29. The van der Waals surface area contributed by atoms with E-state index in [0.29, 0.717) is 5.92 Å². The number of thioether (sulfide) groups is 1. The van der Waals surface area contributed by atoms with Crippen LogP contribution < -0.4 is 5.32 Å². The summed E-state index contributed by atoms with van der Waals surface area (Å²) in [6.45, 7) is 2.07. The van der Waals surface area contributed by atoms with Gasteiger partial charge in [-0.15, -0.1) is 0 Å². The van der Waals surface area contributed by atoms with Crippen LogP contribution >= 0.6 is 11.8 Å². The average Bonchev–Trinajstić information content (AvgIpc) is 2.26. The van der Waals surface area contributed by atoms with Gasteiger partial charge < -0.3 is 10.1 Å². The maximum Gasteiger partial charge on any atom is 0.309 e. The summed E-state index contributed by atoms with van der Waals surface area (Å²) in [5.41, 5.74) is 0. The normalized spacial score (nSPS) is 20.4. The van der Waals surface area contributed by atoms with E-state index >= 15 is 0 Å². The van der Waals surface area contributed by atoms with E-state index in [1.54, 1.807) is 11.8 Å². The van der Waals surface area contributed by atoms with Crippen molar-refractivity contribution in [1.29, 1.82) is 0 Å². The Labute approximate surface area is 90.0 Å². The van der Waals surface area contributed by atoms with Crippen LogP contribution in [0.25, 0.3) is 0 Å². The molecule has 0 aliphatic carbocycles. The Hall–Kier alpha value is -0.220. The van der Waals surface area contributed by atoms with Crippen LogP contribution in [0.4, 0.5) is 0 Å². The van der Waals surface area contributed by atoms with Crippen LogP contribution in [0.3, 0.4) is 0 Å². The molecular weight excluding hydrogens is 198 g/mol. The lowest BCUT2D eigenvalue weighted by molar-refractivity contribution is -0.146. The van der Waals surface area contributed by atoms with Crippen molar-refractivity contribution in [2.24, 2.45) is 11.8 Å². The predicted octanol–water partition coefficient (Wildman–Crippen LogP) is 1.14. The summed E-state index contributed by atoms with van der Waals surface area (Å²) < 4.78 is 4.85. The van der Waals surface area contributed by atoms with Crippen molar-refractivity contribution in [3.05, 3.63) is 0 Å². The standard InChI is InChI=1S/C10H19NO2S/c1-13-10(12)9(7-14-2)8-3-5-11-6-4-8/h8-9,11H,3-7H2,1-2H3. The van der Waals surface area contributed by atoms with E-state index < -0.39 is 0 Å². The van der Waals surface area contributed by atoms with Crippen molar-refractivity contribution >= 4 is 17.7 Å². The maximum absolute atomic E-state index is 11.5. The third-order valence-corrected chi connectivity index (χ3v) is 3.50. The van der Waals surface area contributed by atoms with Crippen molar-refractivity contribution in [3.63, 3.8) is 0 Å². The molecule has 1 fully saturated rings. The number of rotatable bonds is 4. The number of nitrogens with one attached hydrogen (secondary N) is 1. The monoisotopic (exact) mass is 217 g/mol. The highest BCUT2D eigenvalue weighted by molar-refractivity contribution is 7.98. The number of esters is 1. The summed E-state index contributed by atoms with van der Waals surface area (Å²) in [5.74, 6) is 1.46. The number of carbonyl (C=O) groups excluding carboxylic acids is 1. The largest absolute Gasteiger partial charge is 0.469 e. The lowest BCUT2D eigenvalue weighted by Gasteiger charge is -2.28. The molecule has 14 heavy (non-hydrogen) atoms. The van der Waals surface area contributed by atoms with Gasteiger partial charge in [0.25, 0.3) is 0 Å². The quantitative estimate of drug-likeness (QED) is 0.717. The first-order chi connectivity index (χ1) is 6.79. The zero-order valence-corrected chi connectivity index (χ0v) is 9.73. The molecule has 0 bridgehead atoms. The number of methoxy groups -OCH3 is 1. The minimum Gasteiger partial charge on any atom is -0.469 e. The van der Waals surface area contributed by atoms with E-state index in [1.165, 1.54) is 7.11 Å². The molecule has 0 amide bonds. The Morgan fingerprint density at radius 1 is 1.57 bits per heavy atom. The van der Waals surface area contributed by atoms with Crippen LogP contribution in [0.2, 0.25) is 0 Å². The van der Waals surface area contributed by atoms with Crippen LogP contribution in [0.15, 0.2) is 0 Å². The van der Waals surface area contributed by atoms with Gasteiger partial charge in [-0.1, -0.05) is 0 Å². The molecule has 3 nitrogen and oxygen atoms in total. The van der Waals surface area contributed by atoms with Crippen LogP contribution in [0.1, 0.15) is 12.8 Å². The molecule has 4 heteroatoms. The molecule has 1 aliphatic heterocycles. The van der Waals surface area contributed by atoms with Crippen molar-refractivity contribution in [1.82, 2.24) is 5.32 Å². The smallest absolute Gasteiger partial charge is 0.309 e. The number of piperidine rings is 1. The fourth-order valence-corrected chi connectivity index (χ4v) is 2.74. The molecular formula is C10H19NO2S. The topological polar surface area (TPSA) is 38.3 Å². The summed E-state index contributed by atoms with van der Waals surface area (Å²) >= 11 is 1.73. The Morgan fingerprint density at radius 3 is 2.71 bits per heavy atom. The van der Waals surface area contributed by atoms with Crippen LogP contribution in [0.5, 0.6) is 0 Å². The van der Waals surface area contributed by atoms with E-state index in [1.807, 2.05) is 6.26 Å². The summed E-state index contributed by atoms with van der Waals surface area (Å²) in [7, 11) is 1.48. The SMILES string of the molecule is COC(=O)C(CSC)C1CCNCC1. The predicted molar refractivity (Wildman–Crippen MR) is 59.5 cm³/mol. The fourth-order valence-electron chi connectivity index (χ4n) is 1.97. The van der Waals surface area contributed by atoms with Gasteiger partial charge in [-0.25, -0.2) is 0 Å². The highest BCUT2D eigenvalue weighted by Crippen LogP contribution is 2.25. The number of hydrogen-bond acceptors (Lipinski definition) is 4. The van der Waals surface area contributed by atoms with Crippen LogP contribution in [-0.4, -0.2) is 38.2 Å². The second kappa shape index (κ2) is 6.30. The molecule has 0 radical (unpaired) electrons. The van der Waals surface area contributed by atoms with Gasteiger partial charge in [0.15, 0.2) is 0 Å². The van der Waals surface area contributed by atoms with Crippen molar-refractivity contribution in [3.8, 4) is 0 Å². The molecule has 1 atom stereocenters. The lowest BCUT2D eigenvalue weighted by atomic mass is 9.86. The second-order valence-electron chi connectivity index (χ2n) is 3.67. The maximum atomic E-state index is 11.5.